The van der Waals surface area contributed by atoms with Crippen molar-refractivity contribution in [1.82, 2.24) is 29.3 Å². The van der Waals surface area contributed by atoms with Crippen molar-refractivity contribution in [3.05, 3.63) is 116 Å². The molecule has 3 aromatic heterocycles. The second-order valence-electron chi connectivity index (χ2n) is 11.5. The first kappa shape index (κ1) is 30.4. The van der Waals surface area contributed by atoms with Crippen LogP contribution in [-0.2, 0) is 19.3 Å². The van der Waals surface area contributed by atoms with E-state index in [4.69, 9.17) is 9.26 Å². The molecule has 0 saturated heterocycles. The number of hydrogen-bond donors (Lipinski definition) is 1. The zero-order valence-corrected chi connectivity index (χ0v) is 28.2. The summed E-state index contributed by atoms with van der Waals surface area (Å²) in [7, 11) is 0. The number of aromatic amines is 1. The van der Waals surface area contributed by atoms with E-state index in [0.29, 0.717) is 30.0 Å². The van der Waals surface area contributed by atoms with E-state index in [0.717, 1.165) is 57.8 Å². The van der Waals surface area contributed by atoms with Gasteiger partial charge in [-0.3, -0.25) is 14.3 Å². The Labute approximate surface area is 295 Å². The van der Waals surface area contributed by atoms with E-state index in [2.05, 4.69) is 41.0 Å². The number of nitrogens with one attached hydrogen (secondary N) is 1. The largest absolute Gasteiger partial charge is 0.487 e. The van der Waals surface area contributed by atoms with E-state index < -0.39 is 5.76 Å². The van der Waals surface area contributed by atoms with Crippen LogP contribution >= 0.6 is 0 Å². The molecule has 10 nitrogen and oxygen atoms in total. The maximum absolute atomic E-state index is 14.3. The normalized spacial score (nSPS) is 13.4. The fraction of sp³-hybridized carbons (Fsp3) is 0.242. The third-order valence-electron chi connectivity index (χ3n) is 7.85. The Balaban J connectivity index is 0.00000343. The van der Waals surface area contributed by atoms with Gasteiger partial charge in [0.1, 0.15) is 17.7 Å². The molecule has 3 aromatic carbocycles. The molecule has 217 valence electrons. The van der Waals surface area contributed by atoms with E-state index in [9.17, 15) is 9.59 Å². The average Bonchev–Trinajstić information content (AvgIpc) is 3.72. The van der Waals surface area contributed by atoms with Crippen molar-refractivity contribution in [2.45, 2.75) is 52.1 Å². The minimum absolute atomic E-state index is 0. The Hall–Kier alpha value is -3.61. The summed E-state index contributed by atoms with van der Waals surface area (Å²) in [5, 5.41) is 8.40. The summed E-state index contributed by atoms with van der Waals surface area (Å²) in [5.74, 6) is 1.11. The molecular formula is C33H30KN6O4. The summed E-state index contributed by atoms with van der Waals surface area (Å²) in [5.41, 5.74) is 6.56. The predicted octanol–water partition coefficient (Wildman–Crippen LogP) is 4.77. The summed E-state index contributed by atoms with van der Waals surface area (Å²) < 4.78 is 14.3. The summed E-state index contributed by atoms with van der Waals surface area (Å²) in [6.07, 6.45) is 4.25. The molecule has 44 heavy (non-hydrogen) atoms. The molecule has 0 unspecified atom stereocenters. The number of aryl methyl sites for hydroxylation is 1. The molecule has 11 heteroatoms. The van der Waals surface area contributed by atoms with Gasteiger partial charge in [0.2, 0.25) is 5.78 Å². The Morgan fingerprint density at radius 1 is 1.00 bits per heavy atom. The molecule has 4 heterocycles. The van der Waals surface area contributed by atoms with Gasteiger partial charge >= 0.3 is 5.76 Å². The van der Waals surface area contributed by atoms with Crippen LogP contribution in [0.3, 0.4) is 0 Å². The van der Waals surface area contributed by atoms with Crippen molar-refractivity contribution in [1.29, 1.82) is 0 Å². The standard InChI is InChI=1S/C33H30N6O4.K/c1-4-7-27-26(16-20-10-12-21(13-11-20)24-8-5-6-9-25(24)29-36-32(41)43-37-29)30(40)38(31-34-19-35-39(27)31)23-14-15-28-22(17-23)18-33(2,3)42-28;/h5-6,8-15,17,19H,4,7,16,18H2,1-3H3,(H,36,37,41);. The van der Waals surface area contributed by atoms with Crippen molar-refractivity contribution in [3.8, 4) is 34.0 Å². The molecule has 7 rings (SSSR count). The molecule has 0 saturated carbocycles. The van der Waals surface area contributed by atoms with Crippen molar-refractivity contribution < 1.29 is 9.26 Å². The maximum atomic E-state index is 14.3. The number of benzene rings is 3. The van der Waals surface area contributed by atoms with Gasteiger partial charge in [0.15, 0.2) is 5.82 Å². The number of H-pyrrole nitrogens is 1. The number of fused-ring (bicyclic) bond motifs is 2. The van der Waals surface area contributed by atoms with Crippen molar-refractivity contribution in [2.24, 2.45) is 0 Å². The Bertz CT molecular complexity index is 2110. The molecule has 0 amide bonds. The quantitative estimate of drug-likeness (QED) is 0.258. The van der Waals surface area contributed by atoms with Crippen LogP contribution in [0.1, 0.15) is 49.6 Å². The van der Waals surface area contributed by atoms with Crippen molar-refractivity contribution in [3.63, 3.8) is 0 Å². The Morgan fingerprint density at radius 2 is 1.77 bits per heavy atom. The Kier molecular flexibility index (Phi) is 8.33. The van der Waals surface area contributed by atoms with E-state index in [1.807, 2.05) is 66.7 Å². The van der Waals surface area contributed by atoms with Gasteiger partial charge in [-0.05, 0) is 55.2 Å². The molecule has 0 spiro atoms. The van der Waals surface area contributed by atoms with Gasteiger partial charge in [-0.15, -0.1) is 0 Å². The third kappa shape index (κ3) is 5.54. The second kappa shape index (κ2) is 12.1. The van der Waals surface area contributed by atoms with Crippen molar-refractivity contribution in [2.75, 3.05) is 0 Å². The monoisotopic (exact) mass is 613 g/mol. The van der Waals surface area contributed by atoms with Gasteiger partial charge < -0.3 is 4.74 Å². The molecule has 0 bridgehead atoms. The van der Waals surface area contributed by atoms with Crippen LogP contribution < -0.4 is 16.1 Å². The summed E-state index contributed by atoms with van der Waals surface area (Å²) in [6.45, 7) is 6.22. The number of nitrogens with zero attached hydrogens (tertiary/aromatic N) is 5. The summed E-state index contributed by atoms with van der Waals surface area (Å²) in [6, 6.07) is 21.6. The first-order valence-electron chi connectivity index (χ1n) is 14.3. The number of rotatable bonds is 7. The molecule has 6 aromatic rings. The van der Waals surface area contributed by atoms with Gasteiger partial charge in [-0.2, -0.15) is 10.1 Å². The van der Waals surface area contributed by atoms with Crippen LogP contribution in [0.2, 0.25) is 0 Å². The average molecular weight is 614 g/mol. The third-order valence-corrected chi connectivity index (χ3v) is 7.85. The number of aromatic nitrogens is 6. The molecule has 0 aliphatic carbocycles. The number of ether oxygens (including phenoxy) is 1. The first-order chi connectivity index (χ1) is 20.8. The van der Waals surface area contributed by atoms with E-state index in [1.165, 1.54) is 6.33 Å². The minimum Gasteiger partial charge on any atom is -0.487 e. The zero-order chi connectivity index (χ0) is 29.7. The second-order valence-corrected chi connectivity index (χ2v) is 11.5. The van der Waals surface area contributed by atoms with E-state index in [-0.39, 0.29) is 62.5 Å². The predicted molar refractivity (Wildman–Crippen MR) is 168 cm³/mol. The SMILES string of the molecule is CCCc1c(Cc2ccc(-c3ccccc3-c3noc(=O)[nH]3)cc2)c(=O)n(-c2ccc3c(c2)CC(C)(C)O3)c2ncnn12.[K]. The van der Waals surface area contributed by atoms with Gasteiger partial charge in [-0.1, -0.05) is 67.0 Å². The van der Waals surface area contributed by atoms with Crippen LogP contribution in [-0.4, -0.2) is 86.3 Å². The van der Waals surface area contributed by atoms with Crippen molar-refractivity contribution >= 4 is 57.2 Å². The molecule has 1 radical (unpaired) electrons. The Morgan fingerprint density at radius 3 is 2.50 bits per heavy atom. The molecule has 1 N–H and O–H groups in total. The van der Waals surface area contributed by atoms with Gasteiger partial charge in [-0.25, -0.2) is 13.9 Å². The molecule has 1 aliphatic rings. The maximum Gasteiger partial charge on any atom is 0.439 e. The topological polar surface area (TPSA) is 120 Å². The van der Waals surface area contributed by atoms with E-state index in [1.54, 1.807) is 9.08 Å². The molecule has 1 aliphatic heterocycles. The van der Waals surface area contributed by atoms with Crippen LogP contribution in [0.4, 0.5) is 0 Å². The fourth-order valence-electron chi connectivity index (χ4n) is 5.99. The van der Waals surface area contributed by atoms with Crippen LogP contribution in [0.25, 0.3) is 34.0 Å². The van der Waals surface area contributed by atoms with Gasteiger partial charge in [0, 0.05) is 80.9 Å². The minimum atomic E-state index is -0.602. The summed E-state index contributed by atoms with van der Waals surface area (Å²) >= 11 is 0. The number of hydrogen-bond acceptors (Lipinski definition) is 7. The summed E-state index contributed by atoms with van der Waals surface area (Å²) in [4.78, 5) is 33.0. The van der Waals surface area contributed by atoms with Gasteiger partial charge in [0.05, 0.1) is 11.4 Å². The van der Waals surface area contributed by atoms with Crippen LogP contribution in [0.5, 0.6) is 5.75 Å². The smallest absolute Gasteiger partial charge is 0.439 e. The first-order valence-corrected chi connectivity index (χ1v) is 14.3. The van der Waals surface area contributed by atoms with Crippen LogP contribution in [0, 0.1) is 0 Å². The van der Waals surface area contributed by atoms with E-state index >= 15 is 0 Å². The molecular weight excluding hydrogens is 583 g/mol. The zero-order valence-electron chi connectivity index (χ0n) is 25.1. The van der Waals surface area contributed by atoms with Gasteiger partial charge in [0.25, 0.3) is 5.56 Å². The fourth-order valence-corrected chi connectivity index (χ4v) is 5.99. The molecule has 0 atom stereocenters. The molecule has 0 fully saturated rings. The van der Waals surface area contributed by atoms with Crippen LogP contribution in [0.15, 0.2) is 87.2 Å².